The predicted octanol–water partition coefficient (Wildman–Crippen LogP) is 2.73. The monoisotopic (exact) mass is 145 g/mol. The molecule has 0 rings (SSSR count). The van der Waals surface area contributed by atoms with Gasteiger partial charge in [0, 0.05) is 0 Å². The Balaban J connectivity index is 3.39. The molecule has 0 aliphatic heterocycles. The van der Waals surface area contributed by atoms with Crippen molar-refractivity contribution in [2.75, 3.05) is 0 Å². The third-order valence-electron chi connectivity index (χ3n) is 0.444. The van der Waals surface area contributed by atoms with E-state index in [-0.39, 0.29) is 0 Å². The molecule has 0 atom stereocenters. The SMILES string of the molecule is C[C](F)CC(F)(F)Cl. The van der Waals surface area contributed by atoms with Crippen LogP contribution in [0.15, 0.2) is 0 Å². The Hall–Kier alpha value is 0.0800. The van der Waals surface area contributed by atoms with Crippen molar-refractivity contribution >= 4 is 11.6 Å². The van der Waals surface area contributed by atoms with Crippen LogP contribution in [0.5, 0.6) is 0 Å². The van der Waals surface area contributed by atoms with Crippen molar-refractivity contribution < 1.29 is 13.2 Å². The summed E-state index contributed by atoms with van der Waals surface area (Å²) in [5, 5.41) is -3.42. The largest absolute Gasteiger partial charge is 0.324 e. The van der Waals surface area contributed by atoms with Gasteiger partial charge in [0.15, 0.2) is 0 Å². The summed E-state index contributed by atoms with van der Waals surface area (Å²) in [7, 11) is 0. The highest BCUT2D eigenvalue weighted by Gasteiger charge is 2.27. The second-order valence-electron chi connectivity index (χ2n) is 1.47. The Morgan fingerprint density at radius 3 is 2.00 bits per heavy atom. The molecule has 0 spiro atoms. The second-order valence-corrected chi connectivity index (χ2v) is 2.02. The fourth-order valence-corrected chi connectivity index (χ4v) is 0.460. The molecule has 0 amide bonds. The zero-order valence-corrected chi connectivity index (χ0v) is 4.97. The van der Waals surface area contributed by atoms with Crippen molar-refractivity contribution in [1.82, 2.24) is 0 Å². The highest BCUT2D eigenvalue weighted by atomic mass is 35.5. The van der Waals surface area contributed by atoms with Crippen molar-refractivity contribution in [3.8, 4) is 0 Å². The van der Waals surface area contributed by atoms with Gasteiger partial charge in [0.05, 0.1) is 6.42 Å². The first kappa shape index (κ1) is 8.08. The van der Waals surface area contributed by atoms with Gasteiger partial charge in [0.1, 0.15) is 6.17 Å². The minimum Gasteiger partial charge on any atom is -0.240 e. The van der Waals surface area contributed by atoms with E-state index in [1.54, 1.807) is 0 Å². The molecule has 0 aliphatic rings. The van der Waals surface area contributed by atoms with E-state index in [0.29, 0.717) is 0 Å². The van der Waals surface area contributed by atoms with Gasteiger partial charge in [-0.3, -0.25) is 0 Å². The highest BCUT2D eigenvalue weighted by molar-refractivity contribution is 6.21. The summed E-state index contributed by atoms with van der Waals surface area (Å²) >= 11 is 4.33. The molecular weight excluding hydrogens is 140 g/mol. The van der Waals surface area contributed by atoms with Crippen molar-refractivity contribution in [3.63, 3.8) is 0 Å². The quantitative estimate of drug-likeness (QED) is 0.524. The first-order chi connectivity index (χ1) is 3.42. The highest BCUT2D eigenvalue weighted by Crippen LogP contribution is 2.28. The predicted molar refractivity (Wildman–Crippen MR) is 25.4 cm³/mol. The second kappa shape index (κ2) is 2.58. The maximum absolute atomic E-state index is 11.5. The molecule has 0 aromatic carbocycles. The Labute approximate surface area is 50.6 Å². The van der Waals surface area contributed by atoms with Crippen molar-refractivity contribution in [3.05, 3.63) is 6.17 Å². The Kier molecular flexibility index (Phi) is 2.60. The maximum atomic E-state index is 11.5. The molecule has 0 heterocycles. The topological polar surface area (TPSA) is 0 Å². The minimum atomic E-state index is -3.42. The van der Waals surface area contributed by atoms with Gasteiger partial charge in [-0.1, -0.05) is 0 Å². The standard InChI is InChI=1S/C4H5ClF3/c1-3(6)2-4(5,7)8/h2H2,1H3. The summed E-state index contributed by atoms with van der Waals surface area (Å²) in [4.78, 5) is 0. The molecule has 0 saturated heterocycles. The number of rotatable bonds is 2. The lowest BCUT2D eigenvalue weighted by molar-refractivity contribution is 0.0801. The van der Waals surface area contributed by atoms with E-state index in [2.05, 4.69) is 11.6 Å². The lowest BCUT2D eigenvalue weighted by Gasteiger charge is -2.05. The molecule has 0 nitrogen and oxygen atoms in total. The number of alkyl halides is 3. The molecule has 0 bridgehead atoms. The average Bonchev–Trinajstić information content (AvgIpc) is 1.21. The van der Waals surface area contributed by atoms with Crippen molar-refractivity contribution in [2.24, 2.45) is 0 Å². The summed E-state index contributed by atoms with van der Waals surface area (Å²) in [5.41, 5.74) is 0. The van der Waals surface area contributed by atoms with Crippen LogP contribution in [0, 0.1) is 6.17 Å². The molecule has 0 aliphatic carbocycles. The molecular formula is C4H5ClF3. The maximum Gasteiger partial charge on any atom is 0.324 e. The van der Waals surface area contributed by atoms with Gasteiger partial charge >= 0.3 is 5.38 Å². The van der Waals surface area contributed by atoms with Gasteiger partial charge in [-0.25, -0.2) is 4.39 Å². The van der Waals surface area contributed by atoms with E-state index in [1.807, 2.05) is 0 Å². The first-order valence-electron chi connectivity index (χ1n) is 1.96. The first-order valence-corrected chi connectivity index (χ1v) is 2.34. The van der Waals surface area contributed by atoms with Crippen LogP contribution in [-0.4, -0.2) is 5.38 Å². The summed E-state index contributed by atoms with van der Waals surface area (Å²) < 4.78 is 34.5. The van der Waals surface area contributed by atoms with Gasteiger partial charge in [-0.2, -0.15) is 8.78 Å². The smallest absolute Gasteiger partial charge is 0.240 e. The van der Waals surface area contributed by atoms with E-state index < -0.39 is 18.0 Å². The third-order valence-corrected chi connectivity index (χ3v) is 0.578. The van der Waals surface area contributed by atoms with Crippen LogP contribution in [0.25, 0.3) is 0 Å². The zero-order chi connectivity index (χ0) is 6.78. The van der Waals surface area contributed by atoms with Crippen LogP contribution in [0.2, 0.25) is 0 Å². The molecule has 0 saturated carbocycles. The van der Waals surface area contributed by atoms with Crippen LogP contribution in [0.1, 0.15) is 13.3 Å². The van der Waals surface area contributed by atoms with Crippen molar-refractivity contribution in [2.45, 2.75) is 18.7 Å². The Morgan fingerprint density at radius 1 is 1.62 bits per heavy atom. The zero-order valence-electron chi connectivity index (χ0n) is 4.22. The van der Waals surface area contributed by atoms with Crippen LogP contribution >= 0.6 is 11.6 Å². The van der Waals surface area contributed by atoms with E-state index in [9.17, 15) is 13.2 Å². The van der Waals surface area contributed by atoms with Crippen LogP contribution < -0.4 is 0 Å². The fourth-order valence-electron chi connectivity index (χ4n) is 0.276. The van der Waals surface area contributed by atoms with Crippen LogP contribution in [0.4, 0.5) is 13.2 Å². The van der Waals surface area contributed by atoms with E-state index in [0.717, 1.165) is 6.92 Å². The molecule has 49 valence electrons. The third kappa shape index (κ3) is 6.08. The van der Waals surface area contributed by atoms with Crippen LogP contribution in [0.3, 0.4) is 0 Å². The van der Waals surface area contributed by atoms with Gasteiger partial charge in [-0.05, 0) is 18.5 Å². The number of hydrogen-bond donors (Lipinski definition) is 0. The number of hydrogen-bond acceptors (Lipinski definition) is 0. The summed E-state index contributed by atoms with van der Waals surface area (Å²) in [5.74, 6) is 0. The summed E-state index contributed by atoms with van der Waals surface area (Å²) in [6.07, 6.45) is -1.85. The van der Waals surface area contributed by atoms with E-state index >= 15 is 0 Å². The molecule has 0 aromatic rings. The Morgan fingerprint density at radius 2 is 2.00 bits per heavy atom. The Bertz CT molecular complexity index is 66.2. The fraction of sp³-hybridized carbons (Fsp3) is 0.750. The average molecular weight is 146 g/mol. The van der Waals surface area contributed by atoms with Crippen LogP contribution in [-0.2, 0) is 0 Å². The molecule has 0 N–H and O–H groups in total. The summed E-state index contributed by atoms with van der Waals surface area (Å²) in [6.45, 7) is 0.955. The molecule has 1 radical (unpaired) electrons. The van der Waals surface area contributed by atoms with E-state index in [1.165, 1.54) is 0 Å². The normalized spacial score (nSPS) is 12.8. The van der Waals surface area contributed by atoms with Gasteiger partial charge < -0.3 is 0 Å². The van der Waals surface area contributed by atoms with E-state index in [4.69, 9.17) is 0 Å². The van der Waals surface area contributed by atoms with Gasteiger partial charge in [0.25, 0.3) is 0 Å². The number of halogens is 4. The molecule has 8 heavy (non-hydrogen) atoms. The van der Waals surface area contributed by atoms with Gasteiger partial charge in [-0.15, -0.1) is 0 Å². The lowest BCUT2D eigenvalue weighted by Crippen LogP contribution is -2.07. The molecule has 0 unspecified atom stereocenters. The molecule has 0 aromatic heterocycles. The summed E-state index contributed by atoms with van der Waals surface area (Å²) in [6, 6.07) is 0. The minimum absolute atomic E-state index is 0.856. The molecule has 4 heteroatoms. The van der Waals surface area contributed by atoms with Crippen molar-refractivity contribution in [1.29, 1.82) is 0 Å². The molecule has 0 fully saturated rings. The van der Waals surface area contributed by atoms with Gasteiger partial charge in [0.2, 0.25) is 0 Å². The lowest BCUT2D eigenvalue weighted by atomic mass is 10.3.